The third kappa shape index (κ3) is 3.67. The van der Waals surface area contributed by atoms with E-state index in [2.05, 4.69) is 21.2 Å². The van der Waals surface area contributed by atoms with Gasteiger partial charge < -0.3 is 14.8 Å². The van der Waals surface area contributed by atoms with E-state index in [1.165, 1.54) is 26.0 Å². The van der Waals surface area contributed by atoms with Crippen LogP contribution in [-0.4, -0.2) is 22.6 Å². The van der Waals surface area contributed by atoms with Crippen LogP contribution in [0.5, 0.6) is 0 Å². The van der Waals surface area contributed by atoms with Crippen molar-refractivity contribution in [2.24, 2.45) is 0 Å². The molecule has 1 fully saturated rings. The molecule has 0 radical (unpaired) electrons. The first-order valence-electron chi connectivity index (χ1n) is 6.51. The molecule has 2 rings (SSSR count). The van der Waals surface area contributed by atoms with Crippen LogP contribution in [-0.2, 0) is 24.4 Å². The second-order valence-electron chi connectivity index (χ2n) is 5.08. The van der Waals surface area contributed by atoms with Gasteiger partial charge in [0.15, 0.2) is 5.57 Å². The van der Waals surface area contributed by atoms with Crippen molar-refractivity contribution in [2.75, 3.05) is 5.32 Å². The number of alkyl halides is 1. The van der Waals surface area contributed by atoms with Gasteiger partial charge in [-0.05, 0) is 6.07 Å². The predicted octanol–water partition coefficient (Wildman–Crippen LogP) is 2.62. The number of carbonyl (C=O) groups excluding carboxylic acids is 2. The van der Waals surface area contributed by atoms with Gasteiger partial charge in [-0.1, -0.05) is 22.0 Å². The Morgan fingerprint density at radius 1 is 1.30 bits per heavy atom. The van der Waals surface area contributed by atoms with Crippen LogP contribution in [0.1, 0.15) is 19.4 Å². The van der Waals surface area contributed by atoms with E-state index in [0.29, 0.717) is 11.3 Å². The highest BCUT2D eigenvalue weighted by molar-refractivity contribution is 9.08. The Bertz CT molecular complexity index is 691. The Hall–Kier alpha value is -2.42. The predicted molar refractivity (Wildman–Crippen MR) is 83.7 cm³/mol. The Morgan fingerprint density at radius 3 is 2.43 bits per heavy atom. The van der Waals surface area contributed by atoms with E-state index in [-0.39, 0.29) is 16.6 Å². The smallest absolute Gasteiger partial charge is 0.350 e. The fourth-order valence-corrected chi connectivity index (χ4v) is 2.54. The Labute approximate surface area is 139 Å². The van der Waals surface area contributed by atoms with E-state index in [0.717, 1.165) is 6.20 Å². The molecule has 23 heavy (non-hydrogen) atoms. The normalized spacial score (nSPS) is 16.4. The molecule has 1 aliphatic heterocycles. The highest BCUT2D eigenvalue weighted by Gasteiger charge is 2.39. The molecule has 9 heteroatoms. The molecule has 0 bridgehead atoms. The molecule has 122 valence electrons. The largest absolute Gasteiger partial charge is 0.419 e. The molecule has 0 amide bonds. The number of anilines is 1. The first kappa shape index (κ1) is 16.9. The van der Waals surface area contributed by atoms with Crippen molar-refractivity contribution in [3.8, 4) is 0 Å². The minimum atomic E-state index is -1.32. The first-order chi connectivity index (χ1) is 10.7. The lowest BCUT2D eigenvalue weighted by Crippen LogP contribution is -2.42. The van der Waals surface area contributed by atoms with Gasteiger partial charge in [-0.25, -0.2) is 9.59 Å². The molecule has 8 nitrogen and oxygen atoms in total. The third-order valence-corrected chi connectivity index (χ3v) is 3.53. The lowest BCUT2D eigenvalue weighted by atomic mass is 10.1. The Morgan fingerprint density at radius 2 is 1.91 bits per heavy atom. The number of esters is 2. The quantitative estimate of drug-likeness (QED) is 0.212. The van der Waals surface area contributed by atoms with Crippen molar-refractivity contribution in [2.45, 2.75) is 25.0 Å². The number of cyclic esters (lactones) is 2. The molecule has 0 spiro atoms. The van der Waals surface area contributed by atoms with Gasteiger partial charge in [-0.2, -0.15) is 0 Å². The summed E-state index contributed by atoms with van der Waals surface area (Å²) in [7, 11) is 0. The molecule has 0 saturated carbocycles. The summed E-state index contributed by atoms with van der Waals surface area (Å²) in [4.78, 5) is 34.1. The number of rotatable bonds is 4. The maximum Gasteiger partial charge on any atom is 0.350 e. The van der Waals surface area contributed by atoms with Crippen LogP contribution in [0.25, 0.3) is 0 Å². The molecule has 1 heterocycles. The zero-order chi connectivity index (χ0) is 17.2. The number of benzene rings is 1. The lowest BCUT2D eigenvalue weighted by molar-refractivity contribution is -0.385. The molecule has 1 aromatic carbocycles. The van der Waals surface area contributed by atoms with Crippen molar-refractivity contribution in [3.05, 3.63) is 45.6 Å². The van der Waals surface area contributed by atoms with Gasteiger partial charge >= 0.3 is 11.9 Å². The summed E-state index contributed by atoms with van der Waals surface area (Å²) in [5.74, 6) is -2.98. The summed E-state index contributed by atoms with van der Waals surface area (Å²) in [5, 5.41) is 13.9. The van der Waals surface area contributed by atoms with Crippen molar-refractivity contribution in [1.82, 2.24) is 0 Å². The molecular weight excluding hydrogens is 372 g/mol. The zero-order valence-corrected chi connectivity index (χ0v) is 13.9. The molecule has 1 saturated heterocycles. The number of nitro groups is 1. The summed E-state index contributed by atoms with van der Waals surface area (Å²) in [6.45, 7) is 2.88. The maximum absolute atomic E-state index is 11.8. The number of carbonyl (C=O) groups is 2. The highest BCUT2D eigenvalue weighted by Crippen LogP contribution is 2.29. The van der Waals surface area contributed by atoms with Crippen molar-refractivity contribution in [1.29, 1.82) is 0 Å². The molecule has 0 aliphatic carbocycles. The fraction of sp³-hybridized carbons (Fsp3) is 0.286. The summed E-state index contributed by atoms with van der Waals surface area (Å²) < 4.78 is 9.91. The van der Waals surface area contributed by atoms with Gasteiger partial charge in [0.1, 0.15) is 0 Å². The summed E-state index contributed by atoms with van der Waals surface area (Å²) in [6, 6.07) is 4.44. The van der Waals surface area contributed by atoms with E-state index in [1.54, 1.807) is 6.07 Å². The number of hydrogen-bond acceptors (Lipinski definition) is 7. The maximum atomic E-state index is 11.8. The Balaban J connectivity index is 2.30. The fourth-order valence-electron chi connectivity index (χ4n) is 1.95. The van der Waals surface area contributed by atoms with Crippen LogP contribution in [0.15, 0.2) is 30.0 Å². The van der Waals surface area contributed by atoms with Crippen molar-refractivity contribution >= 4 is 39.2 Å². The van der Waals surface area contributed by atoms with Gasteiger partial charge in [0, 0.05) is 37.1 Å². The second-order valence-corrected chi connectivity index (χ2v) is 5.64. The van der Waals surface area contributed by atoms with Gasteiger partial charge in [-0.15, -0.1) is 0 Å². The van der Waals surface area contributed by atoms with Crippen molar-refractivity contribution < 1.29 is 24.0 Å². The number of nitrogens with zero attached hydrogens (tertiary/aromatic N) is 1. The average molecular weight is 385 g/mol. The molecule has 1 aliphatic rings. The number of nitro benzene ring substituents is 1. The van der Waals surface area contributed by atoms with Gasteiger partial charge in [0.2, 0.25) is 0 Å². The van der Waals surface area contributed by atoms with Gasteiger partial charge in [0.25, 0.3) is 11.5 Å². The van der Waals surface area contributed by atoms with Gasteiger partial charge in [0.05, 0.1) is 10.5 Å². The van der Waals surface area contributed by atoms with Crippen LogP contribution >= 0.6 is 15.9 Å². The number of hydrogen-bond donors (Lipinski definition) is 1. The van der Waals surface area contributed by atoms with E-state index in [4.69, 9.17) is 9.47 Å². The topological polar surface area (TPSA) is 108 Å². The van der Waals surface area contributed by atoms with Crippen LogP contribution < -0.4 is 5.32 Å². The van der Waals surface area contributed by atoms with E-state index in [9.17, 15) is 19.7 Å². The number of halogens is 1. The second kappa shape index (κ2) is 6.37. The molecule has 0 aromatic heterocycles. The average Bonchev–Trinajstić information content (AvgIpc) is 2.44. The minimum Gasteiger partial charge on any atom is -0.419 e. The summed E-state index contributed by atoms with van der Waals surface area (Å²) in [6.07, 6.45) is 1.12. The lowest BCUT2D eigenvalue weighted by Gasteiger charge is -2.29. The summed E-state index contributed by atoms with van der Waals surface area (Å²) >= 11 is 3.18. The monoisotopic (exact) mass is 384 g/mol. The molecular formula is C14H13BrN2O6. The highest BCUT2D eigenvalue weighted by atomic mass is 79.9. The van der Waals surface area contributed by atoms with Crippen LogP contribution in [0, 0.1) is 10.1 Å². The van der Waals surface area contributed by atoms with Crippen LogP contribution in [0.4, 0.5) is 11.4 Å². The molecule has 0 unspecified atom stereocenters. The molecule has 0 atom stereocenters. The molecule has 1 aromatic rings. The van der Waals surface area contributed by atoms with E-state index in [1.807, 2.05) is 0 Å². The number of ether oxygens (including phenoxy) is 2. The van der Waals surface area contributed by atoms with Crippen LogP contribution in [0.2, 0.25) is 0 Å². The number of nitrogens with one attached hydrogen (secondary N) is 1. The van der Waals surface area contributed by atoms with Crippen molar-refractivity contribution in [3.63, 3.8) is 0 Å². The summed E-state index contributed by atoms with van der Waals surface area (Å²) in [5.41, 5.74) is 0.359. The zero-order valence-electron chi connectivity index (χ0n) is 12.3. The van der Waals surface area contributed by atoms with Crippen LogP contribution in [0.3, 0.4) is 0 Å². The Kier molecular flexibility index (Phi) is 4.69. The SMILES string of the molecule is CC1(C)OC(=O)C(=CNc2cccc([N+](=O)[O-])c2CBr)C(=O)O1. The van der Waals surface area contributed by atoms with E-state index < -0.39 is 22.6 Å². The van der Waals surface area contributed by atoms with E-state index >= 15 is 0 Å². The van der Waals surface area contributed by atoms with Gasteiger partial charge in [-0.3, -0.25) is 10.1 Å². The standard InChI is InChI=1S/C14H13BrN2O6/c1-14(2)22-12(18)9(13(19)23-14)7-16-10-4-3-5-11(17(20)21)8(10)6-15/h3-5,7,16H,6H2,1-2H3. The minimum absolute atomic E-state index is 0.0831. The molecule has 1 N–H and O–H groups in total. The first-order valence-corrected chi connectivity index (χ1v) is 7.63. The third-order valence-electron chi connectivity index (χ3n) is 2.97.